The molecule has 0 saturated carbocycles. The second-order valence-corrected chi connectivity index (χ2v) is 7.34. The second-order valence-electron chi connectivity index (χ2n) is 7.34. The van der Waals surface area contributed by atoms with Gasteiger partial charge in [-0.3, -0.25) is 14.6 Å². The highest BCUT2D eigenvalue weighted by atomic mass is 16.4. The standard InChI is InChI=1S/C26H20N2O4/c29-24(19-6-2-1-3-7-19)20-13-11-17(12-14-20)16-22(26(31)32)28-25(30)21-10-4-8-18-9-5-15-27-23(18)21/h1-15,22H,16H2,(H,28,30)(H,31,32)/t22-/m0/s1. The van der Waals surface area contributed by atoms with Gasteiger partial charge in [0.2, 0.25) is 0 Å². The summed E-state index contributed by atoms with van der Waals surface area (Å²) in [4.78, 5) is 41.4. The number of ketones is 1. The van der Waals surface area contributed by atoms with Crippen molar-refractivity contribution in [2.45, 2.75) is 12.5 Å². The van der Waals surface area contributed by atoms with Crippen LogP contribution in [0.15, 0.2) is 91.1 Å². The molecule has 158 valence electrons. The fourth-order valence-corrected chi connectivity index (χ4v) is 3.51. The first kappa shape index (κ1) is 20.9. The molecule has 0 bridgehead atoms. The van der Waals surface area contributed by atoms with E-state index in [2.05, 4.69) is 10.3 Å². The minimum Gasteiger partial charge on any atom is -0.480 e. The zero-order valence-corrected chi connectivity index (χ0v) is 17.1. The third-order valence-electron chi connectivity index (χ3n) is 5.17. The van der Waals surface area contributed by atoms with E-state index in [0.717, 1.165) is 5.39 Å². The van der Waals surface area contributed by atoms with Crippen molar-refractivity contribution in [3.63, 3.8) is 0 Å². The molecule has 0 unspecified atom stereocenters. The molecule has 1 heterocycles. The summed E-state index contributed by atoms with van der Waals surface area (Å²) in [7, 11) is 0. The number of amides is 1. The highest BCUT2D eigenvalue weighted by Crippen LogP contribution is 2.17. The summed E-state index contributed by atoms with van der Waals surface area (Å²) in [5, 5.41) is 13.0. The van der Waals surface area contributed by atoms with Crippen LogP contribution >= 0.6 is 0 Å². The first-order valence-corrected chi connectivity index (χ1v) is 10.1. The number of aromatic nitrogens is 1. The number of carbonyl (C=O) groups is 3. The molecule has 0 saturated heterocycles. The quantitative estimate of drug-likeness (QED) is 0.439. The van der Waals surface area contributed by atoms with Gasteiger partial charge >= 0.3 is 5.97 Å². The lowest BCUT2D eigenvalue weighted by molar-refractivity contribution is -0.139. The van der Waals surface area contributed by atoms with E-state index in [9.17, 15) is 19.5 Å². The Balaban J connectivity index is 1.49. The number of para-hydroxylation sites is 1. The van der Waals surface area contributed by atoms with E-state index in [1.165, 1.54) is 0 Å². The van der Waals surface area contributed by atoms with Crippen LogP contribution in [0.25, 0.3) is 10.9 Å². The van der Waals surface area contributed by atoms with Crippen LogP contribution in [0.2, 0.25) is 0 Å². The number of fused-ring (bicyclic) bond motifs is 1. The van der Waals surface area contributed by atoms with Gasteiger partial charge in [-0.1, -0.05) is 72.8 Å². The topological polar surface area (TPSA) is 96.4 Å². The molecule has 0 aliphatic heterocycles. The number of hydrogen-bond donors (Lipinski definition) is 2. The van der Waals surface area contributed by atoms with E-state index in [4.69, 9.17) is 0 Å². The van der Waals surface area contributed by atoms with Crippen molar-refractivity contribution in [1.29, 1.82) is 0 Å². The Hall–Kier alpha value is -4.32. The average molecular weight is 424 g/mol. The Kier molecular flexibility index (Phi) is 6.03. The van der Waals surface area contributed by atoms with Crippen molar-refractivity contribution in [3.05, 3.63) is 113 Å². The minimum absolute atomic E-state index is 0.0824. The van der Waals surface area contributed by atoms with Crippen LogP contribution in [-0.4, -0.2) is 33.8 Å². The van der Waals surface area contributed by atoms with E-state index in [1.54, 1.807) is 72.9 Å². The van der Waals surface area contributed by atoms with E-state index >= 15 is 0 Å². The lowest BCUT2D eigenvalue weighted by Gasteiger charge is -2.15. The molecule has 4 rings (SSSR count). The van der Waals surface area contributed by atoms with Crippen LogP contribution in [0.5, 0.6) is 0 Å². The summed E-state index contributed by atoms with van der Waals surface area (Å²) in [5.41, 5.74) is 2.62. The number of pyridine rings is 1. The number of nitrogens with one attached hydrogen (secondary N) is 1. The molecule has 32 heavy (non-hydrogen) atoms. The fourth-order valence-electron chi connectivity index (χ4n) is 3.51. The van der Waals surface area contributed by atoms with Gasteiger partial charge in [0.05, 0.1) is 11.1 Å². The van der Waals surface area contributed by atoms with Crippen molar-refractivity contribution in [2.75, 3.05) is 0 Å². The second kappa shape index (κ2) is 9.22. The number of rotatable bonds is 7. The number of aliphatic carboxylic acids is 1. The highest BCUT2D eigenvalue weighted by molar-refractivity contribution is 6.09. The monoisotopic (exact) mass is 424 g/mol. The van der Waals surface area contributed by atoms with Gasteiger partial charge in [0.15, 0.2) is 5.78 Å². The number of benzene rings is 3. The van der Waals surface area contributed by atoms with Crippen LogP contribution in [0.4, 0.5) is 0 Å². The maximum atomic E-state index is 12.8. The molecule has 0 radical (unpaired) electrons. The molecule has 6 heteroatoms. The maximum Gasteiger partial charge on any atom is 0.326 e. The molecular weight excluding hydrogens is 404 g/mol. The predicted molar refractivity (Wildman–Crippen MR) is 121 cm³/mol. The fraction of sp³-hybridized carbons (Fsp3) is 0.0769. The largest absolute Gasteiger partial charge is 0.480 e. The maximum absolute atomic E-state index is 12.8. The van der Waals surface area contributed by atoms with Gasteiger partial charge in [0.25, 0.3) is 5.91 Å². The molecule has 6 nitrogen and oxygen atoms in total. The Morgan fingerprint density at radius 3 is 2.22 bits per heavy atom. The van der Waals surface area contributed by atoms with Gasteiger partial charge < -0.3 is 10.4 Å². The predicted octanol–water partition coefficient (Wildman–Crippen LogP) is 3.89. The normalized spacial score (nSPS) is 11.6. The molecule has 0 spiro atoms. The molecule has 0 aliphatic carbocycles. The first-order valence-electron chi connectivity index (χ1n) is 10.1. The van der Waals surface area contributed by atoms with Gasteiger partial charge in [0.1, 0.15) is 6.04 Å². The Morgan fingerprint density at radius 1 is 0.812 bits per heavy atom. The molecule has 1 atom stereocenters. The summed E-state index contributed by atoms with van der Waals surface area (Å²) < 4.78 is 0. The number of hydrogen-bond acceptors (Lipinski definition) is 4. The van der Waals surface area contributed by atoms with Crippen LogP contribution in [0, 0.1) is 0 Å². The molecule has 4 aromatic rings. The van der Waals surface area contributed by atoms with Gasteiger partial charge in [-0.05, 0) is 17.7 Å². The van der Waals surface area contributed by atoms with E-state index in [0.29, 0.717) is 27.8 Å². The minimum atomic E-state index is -1.14. The van der Waals surface area contributed by atoms with E-state index in [-0.39, 0.29) is 12.2 Å². The molecule has 0 fully saturated rings. The van der Waals surface area contributed by atoms with E-state index in [1.807, 2.05) is 18.2 Å². The van der Waals surface area contributed by atoms with Gasteiger partial charge in [0, 0.05) is 29.1 Å². The summed E-state index contributed by atoms with van der Waals surface area (Å²) >= 11 is 0. The average Bonchev–Trinajstić information content (AvgIpc) is 2.83. The van der Waals surface area contributed by atoms with Crippen LogP contribution in [-0.2, 0) is 11.2 Å². The Bertz CT molecular complexity index is 1280. The zero-order valence-electron chi connectivity index (χ0n) is 17.1. The number of carbonyl (C=O) groups excluding carboxylic acids is 2. The number of carboxylic acid groups (broad SMARTS) is 1. The SMILES string of the molecule is O=C(c1ccccc1)c1ccc(C[C@H](NC(=O)c2cccc3cccnc23)C(=O)O)cc1. The summed E-state index contributed by atoms with van der Waals surface area (Å²) in [5.74, 6) is -1.75. The molecule has 1 amide bonds. The summed E-state index contributed by atoms with van der Waals surface area (Å²) in [6.07, 6.45) is 1.67. The zero-order chi connectivity index (χ0) is 22.5. The summed E-state index contributed by atoms with van der Waals surface area (Å²) in [6.45, 7) is 0. The molecule has 1 aromatic heterocycles. The van der Waals surface area contributed by atoms with Crippen molar-refractivity contribution >= 4 is 28.6 Å². The summed E-state index contributed by atoms with van der Waals surface area (Å²) in [6, 6.07) is 23.4. The van der Waals surface area contributed by atoms with Crippen LogP contribution in [0.1, 0.15) is 31.8 Å². The Morgan fingerprint density at radius 2 is 1.50 bits per heavy atom. The van der Waals surface area contributed by atoms with Crippen molar-refractivity contribution in [1.82, 2.24) is 10.3 Å². The van der Waals surface area contributed by atoms with E-state index < -0.39 is 17.9 Å². The third kappa shape index (κ3) is 4.54. The number of carboxylic acids is 1. The van der Waals surface area contributed by atoms with Crippen LogP contribution in [0.3, 0.4) is 0 Å². The van der Waals surface area contributed by atoms with Crippen LogP contribution < -0.4 is 5.32 Å². The highest BCUT2D eigenvalue weighted by Gasteiger charge is 2.22. The molecule has 3 aromatic carbocycles. The molecule has 0 aliphatic rings. The van der Waals surface area contributed by atoms with Crippen molar-refractivity contribution < 1.29 is 19.5 Å². The Labute approximate surface area is 184 Å². The lowest BCUT2D eigenvalue weighted by Crippen LogP contribution is -2.42. The lowest BCUT2D eigenvalue weighted by atomic mass is 9.99. The molecule has 2 N–H and O–H groups in total. The van der Waals surface area contributed by atoms with Crippen molar-refractivity contribution in [2.24, 2.45) is 0 Å². The molecular formula is C26H20N2O4. The number of nitrogens with zero attached hydrogens (tertiary/aromatic N) is 1. The first-order chi connectivity index (χ1) is 15.5. The third-order valence-corrected chi connectivity index (χ3v) is 5.17. The van der Waals surface area contributed by atoms with Crippen molar-refractivity contribution in [3.8, 4) is 0 Å². The van der Waals surface area contributed by atoms with Gasteiger partial charge in [-0.15, -0.1) is 0 Å². The van der Waals surface area contributed by atoms with Gasteiger partial charge in [-0.2, -0.15) is 0 Å². The smallest absolute Gasteiger partial charge is 0.326 e. The van der Waals surface area contributed by atoms with Gasteiger partial charge in [-0.25, -0.2) is 4.79 Å².